The maximum Gasteiger partial charge on any atom is 0.547 e. The van der Waals surface area contributed by atoms with Crippen molar-refractivity contribution in [1.82, 2.24) is 20.4 Å². The number of nitrogens with one attached hydrogen (secondary N) is 2. The molecule has 2 aromatic rings. The molecule has 0 saturated carbocycles. The first-order valence-electron chi connectivity index (χ1n) is 12.5. The number of carbonyl (C=O) groups excluding carboxylic acids is 4. The summed E-state index contributed by atoms with van der Waals surface area (Å²) in [5.74, 6) is -7.11. The van der Waals surface area contributed by atoms with Crippen molar-refractivity contribution in [3.8, 4) is 17.2 Å². The number of hydrogen-bond acceptors (Lipinski definition) is 10. The average molecular weight is 570 g/mol. The minimum atomic E-state index is -1.98. The van der Waals surface area contributed by atoms with E-state index in [4.69, 9.17) is 4.65 Å². The van der Waals surface area contributed by atoms with Crippen LogP contribution in [0, 0.1) is 0 Å². The van der Waals surface area contributed by atoms with Crippen LogP contribution in [0.3, 0.4) is 0 Å². The van der Waals surface area contributed by atoms with Gasteiger partial charge in [0.1, 0.15) is 17.9 Å². The Balaban J connectivity index is 1.60. The van der Waals surface area contributed by atoms with Crippen molar-refractivity contribution in [2.45, 2.75) is 31.4 Å². The van der Waals surface area contributed by atoms with Crippen LogP contribution in [0.25, 0.3) is 0 Å². The van der Waals surface area contributed by atoms with E-state index >= 15 is 0 Å². The number of phenols is 2. The SMILES string of the molecule is CCN1CCN(C(=O)NC(C(=O)N[C@H]2Cc3cccc(C(=O)O)c3OB2O)C(O)c2cccc(O)c2O)C(=O)C1=O. The molecule has 2 heterocycles. The number of aromatic hydroxyl groups is 2. The molecule has 0 spiro atoms. The van der Waals surface area contributed by atoms with Crippen LogP contribution in [-0.4, -0.2) is 104 Å². The standard InChI is InChI=1S/C25H27BN4O11/c1-2-29-9-10-30(23(36)22(29)35)25(39)28-17(19(33)13-6-4-8-15(31)18(13)32)21(34)27-16-11-12-5-3-7-14(24(37)38)20(12)41-26(16)40/h3-8,16-17,19,31-33,40H,2,9-11H2,1H3,(H,27,34)(H,28,39)(H,37,38)/t16-,17?,19?/m0/s1. The summed E-state index contributed by atoms with van der Waals surface area (Å²) in [7, 11) is -1.73. The van der Waals surface area contributed by atoms with Crippen LogP contribution in [0.1, 0.15) is 34.5 Å². The number of rotatable bonds is 7. The van der Waals surface area contributed by atoms with Crippen LogP contribution in [0.5, 0.6) is 17.2 Å². The maximum atomic E-state index is 13.4. The molecule has 0 radical (unpaired) electrons. The number of imide groups is 1. The number of fused-ring (bicyclic) bond motifs is 1. The van der Waals surface area contributed by atoms with E-state index in [2.05, 4.69) is 10.6 Å². The third kappa shape index (κ3) is 5.73. The van der Waals surface area contributed by atoms with E-state index in [-0.39, 0.29) is 42.9 Å². The summed E-state index contributed by atoms with van der Waals surface area (Å²) in [5.41, 5.74) is -0.195. The van der Waals surface area contributed by atoms with Crippen molar-refractivity contribution in [1.29, 1.82) is 0 Å². The molecule has 16 heteroatoms. The number of para-hydroxylation sites is 2. The Bertz CT molecular complexity index is 1400. The van der Waals surface area contributed by atoms with Crippen molar-refractivity contribution in [3.63, 3.8) is 0 Å². The van der Waals surface area contributed by atoms with Gasteiger partial charge >= 0.3 is 30.9 Å². The van der Waals surface area contributed by atoms with Crippen molar-refractivity contribution < 1.29 is 54.1 Å². The predicted octanol–water partition coefficient (Wildman–Crippen LogP) is -1.26. The van der Waals surface area contributed by atoms with Crippen LogP contribution in [-0.2, 0) is 20.8 Å². The molecule has 15 nitrogen and oxygen atoms in total. The highest BCUT2D eigenvalue weighted by atomic mass is 16.5. The first kappa shape index (κ1) is 29.2. The summed E-state index contributed by atoms with van der Waals surface area (Å²) in [6.07, 6.45) is -2.08. The van der Waals surface area contributed by atoms with Crippen molar-refractivity contribution >= 4 is 36.8 Å². The fourth-order valence-electron chi connectivity index (χ4n) is 4.62. The van der Waals surface area contributed by atoms with Gasteiger partial charge in [0.05, 0.1) is 11.5 Å². The smallest absolute Gasteiger partial charge is 0.534 e. The van der Waals surface area contributed by atoms with Gasteiger partial charge in [0.15, 0.2) is 11.5 Å². The molecule has 5 amide bonds. The van der Waals surface area contributed by atoms with Crippen LogP contribution in [0.2, 0.25) is 0 Å². The number of nitrogens with zero attached hydrogens (tertiary/aromatic N) is 2. The van der Waals surface area contributed by atoms with Gasteiger partial charge in [-0.05, 0) is 31.0 Å². The van der Waals surface area contributed by atoms with E-state index in [0.717, 1.165) is 6.07 Å². The summed E-state index contributed by atoms with van der Waals surface area (Å²) in [6.45, 7) is 1.75. The van der Waals surface area contributed by atoms with Gasteiger partial charge in [-0.2, -0.15) is 0 Å². The number of phenolic OH excluding ortho intramolecular Hbond substituents is 2. The Morgan fingerprint density at radius 2 is 1.80 bits per heavy atom. The van der Waals surface area contributed by atoms with Gasteiger partial charge in [0.25, 0.3) is 0 Å². The number of piperazine rings is 1. The second-order valence-corrected chi connectivity index (χ2v) is 9.36. The molecule has 216 valence electrons. The number of aliphatic hydroxyl groups excluding tert-OH is 1. The highest BCUT2D eigenvalue weighted by Gasteiger charge is 2.42. The zero-order chi connectivity index (χ0) is 30.0. The van der Waals surface area contributed by atoms with Crippen molar-refractivity contribution in [3.05, 3.63) is 53.1 Å². The minimum absolute atomic E-state index is 0.0462. The zero-order valence-electron chi connectivity index (χ0n) is 21.7. The molecule has 0 aliphatic carbocycles. The van der Waals surface area contributed by atoms with Gasteiger partial charge in [0.2, 0.25) is 5.91 Å². The molecule has 2 aromatic carbocycles. The van der Waals surface area contributed by atoms with Gasteiger partial charge in [-0.3, -0.25) is 19.3 Å². The van der Waals surface area contributed by atoms with Gasteiger partial charge in [-0.15, -0.1) is 0 Å². The lowest BCUT2D eigenvalue weighted by atomic mass is 9.72. The molecule has 7 N–H and O–H groups in total. The van der Waals surface area contributed by atoms with Gasteiger partial charge in [0, 0.05) is 25.2 Å². The zero-order valence-corrected chi connectivity index (χ0v) is 21.7. The highest BCUT2D eigenvalue weighted by Crippen LogP contribution is 2.34. The number of benzene rings is 2. The maximum absolute atomic E-state index is 13.4. The highest BCUT2D eigenvalue weighted by molar-refractivity contribution is 6.47. The summed E-state index contributed by atoms with van der Waals surface area (Å²) in [4.78, 5) is 64.6. The normalized spacial score (nSPS) is 18.2. The molecule has 2 unspecified atom stereocenters. The lowest BCUT2D eigenvalue weighted by Gasteiger charge is -2.34. The number of amides is 5. The lowest BCUT2D eigenvalue weighted by molar-refractivity contribution is -0.153. The summed E-state index contributed by atoms with van der Waals surface area (Å²) >= 11 is 0. The molecular weight excluding hydrogens is 543 g/mol. The van der Waals surface area contributed by atoms with Crippen LogP contribution < -0.4 is 15.3 Å². The van der Waals surface area contributed by atoms with Crippen LogP contribution >= 0.6 is 0 Å². The van der Waals surface area contributed by atoms with Crippen LogP contribution in [0.15, 0.2) is 36.4 Å². The van der Waals surface area contributed by atoms with Gasteiger partial charge < -0.3 is 45.6 Å². The fraction of sp³-hybridized carbons (Fsp3) is 0.320. The molecule has 4 rings (SSSR count). The second kappa shape index (κ2) is 11.7. The Morgan fingerprint density at radius 1 is 1.10 bits per heavy atom. The third-order valence-electron chi connectivity index (χ3n) is 6.85. The molecule has 1 fully saturated rings. The third-order valence-corrected chi connectivity index (χ3v) is 6.85. The Labute approximate surface area is 233 Å². The summed E-state index contributed by atoms with van der Waals surface area (Å²) in [6, 6.07) is 4.74. The number of carboxylic acid groups (broad SMARTS) is 1. The molecule has 0 aromatic heterocycles. The Kier molecular flexibility index (Phi) is 8.35. The largest absolute Gasteiger partial charge is 0.547 e. The van der Waals surface area contributed by atoms with Crippen molar-refractivity contribution in [2.75, 3.05) is 19.6 Å². The molecular formula is C25H27BN4O11. The van der Waals surface area contributed by atoms with E-state index in [1.807, 2.05) is 0 Å². The molecule has 0 bridgehead atoms. The van der Waals surface area contributed by atoms with E-state index in [0.29, 0.717) is 10.5 Å². The molecule has 2 aliphatic heterocycles. The number of aromatic carboxylic acids is 1. The predicted molar refractivity (Wildman–Crippen MR) is 139 cm³/mol. The summed E-state index contributed by atoms with van der Waals surface area (Å²) in [5, 5.41) is 55.8. The van der Waals surface area contributed by atoms with E-state index in [1.54, 1.807) is 6.92 Å². The summed E-state index contributed by atoms with van der Waals surface area (Å²) < 4.78 is 5.36. The Hall–Kier alpha value is -4.83. The minimum Gasteiger partial charge on any atom is -0.534 e. The lowest BCUT2D eigenvalue weighted by Crippen LogP contribution is -2.62. The van der Waals surface area contributed by atoms with E-state index < -0.39 is 66.4 Å². The number of carbonyl (C=O) groups is 5. The quantitative estimate of drug-likeness (QED) is 0.118. The van der Waals surface area contributed by atoms with Crippen LogP contribution in [0.4, 0.5) is 4.79 Å². The van der Waals surface area contributed by atoms with Gasteiger partial charge in [-0.25, -0.2) is 9.59 Å². The number of hydrogen-bond donors (Lipinski definition) is 7. The van der Waals surface area contributed by atoms with E-state index in [1.165, 1.54) is 35.2 Å². The molecule has 1 saturated heterocycles. The number of urea groups is 1. The number of aliphatic hydroxyl groups is 1. The topological polar surface area (TPSA) is 226 Å². The van der Waals surface area contributed by atoms with Crippen molar-refractivity contribution in [2.24, 2.45) is 0 Å². The number of likely N-dealkylation sites (N-methyl/N-ethyl adjacent to an activating group) is 1. The molecule has 2 aliphatic rings. The molecule has 41 heavy (non-hydrogen) atoms. The number of carboxylic acids is 1. The fourth-order valence-corrected chi connectivity index (χ4v) is 4.62. The average Bonchev–Trinajstić information content (AvgIpc) is 2.94. The monoisotopic (exact) mass is 570 g/mol. The Morgan fingerprint density at radius 3 is 2.49 bits per heavy atom. The first-order valence-corrected chi connectivity index (χ1v) is 12.5. The first-order chi connectivity index (χ1) is 19.4. The van der Waals surface area contributed by atoms with Gasteiger partial charge in [-0.1, -0.05) is 24.3 Å². The molecule has 3 atom stereocenters. The van der Waals surface area contributed by atoms with E-state index in [9.17, 15) is 49.4 Å². The second-order valence-electron chi connectivity index (χ2n) is 9.36.